The first kappa shape index (κ1) is 26.0. The highest BCUT2D eigenvalue weighted by Gasteiger charge is 2.14. The number of hydrogen-bond donors (Lipinski definition) is 0. The van der Waals surface area contributed by atoms with E-state index in [1.165, 1.54) is 24.3 Å². The summed E-state index contributed by atoms with van der Waals surface area (Å²) in [6.07, 6.45) is -0.863. The minimum Gasteiger partial charge on any atom is -0.432 e. The molecule has 0 aliphatic heterocycles. The Kier molecular flexibility index (Phi) is 13.1. The van der Waals surface area contributed by atoms with Gasteiger partial charge < -0.3 is 13.9 Å². The minimum atomic E-state index is -1.62. The van der Waals surface area contributed by atoms with Crippen LogP contribution in [0.15, 0.2) is 24.3 Å². The summed E-state index contributed by atoms with van der Waals surface area (Å²) in [5, 5.41) is 10.5. The van der Waals surface area contributed by atoms with Gasteiger partial charge >= 0.3 is 6.16 Å². The van der Waals surface area contributed by atoms with Gasteiger partial charge in [0.15, 0.2) is 8.32 Å². The van der Waals surface area contributed by atoms with E-state index in [1.807, 2.05) is 19.6 Å². The maximum absolute atomic E-state index is 11.3. The standard InChI is InChI=1S/C12H17NO6Si.3CH4/c1-20(2,3)18-9-8-17-12(14)19-11-6-4-10(5-7-11)13(15)16;;;/h4-7H,8-9H2,1-3H3;3*1H4. The second kappa shape index (κ2) is 11.6. The van der Waals surface area contributed by atoms with Gasteiger partial charge in [-0.3, -0.25) is 10.1 Å². The molecule has 1 aromatic rings. The Bertz CT molecular complexity index is 470. The second-order valence-corrected chi connectivity index (χ2v) is 9.43. The summed E-state index contributed by atoms with van der Waals surface area (Å²) in [6, 6.07) is 5.16. The van der Waals surface area contributed by atoms with E-state index in [-0.39, 0.29) is 40.3 Å². The Morgan fingerprint density at radius 2 is 1.61 bits per heavy atom. The molecule has 0 aliphatic carbocycles. The lowest BCUT2D eigenvalue weighted by molar-refractivity contribution is -0.384. The molecule has 0 aromatic heterocycles. The Balaban J connectivity index is -0.00000133. The van der Waals surface area contributed by atoms with Crippen molar-refractivity contribution < 1.29 is 23.6 Å². The topological polar surface area (TPSA) is 87.9 Å². The lowest BCUT2D eigenvalue weighted by atomic mass is 10.3. The summed E-state index contributed by atoms with van der Waals surface area (Å²) in [5.74, 6) is 0.187. The van der Waals surface area contributed by atoms with Crippen LogP contribution in [0.25, 0.3) is 0 Å². The Morgan fingerprint density at radius 3 is 2.04 bits per heavy atom. The molecular formula is C15H29NO6Si. The molecule has 0 saturated heterocycles. The summed E-state index contributed by atoms with van der Waals surface area (Å²) in [4.78, 5) is 21.3. The molecule has 0 heterocycles. The SMILES string of the molecule is C.C.C.C[Si](C)(C)OCCOC(=O)Oc1ccc([N+](=O)[O-])cc1. The van der Waals surface area contributed by atoms with Gasteiger partial charge in [-0.15, -0.1) is 0 Å². The summed E-state index contributed by atoms with van der Waals surface area (Å²) in [6.45, 7) is 6.52. The van der Waals surface area contributed by atoms with E-state index in [0.717, 1.165) is 0 Å². The molecule has 0 amide bonds. The third-order valence-corrected chi connectivity index (χ3v) is 3.16. The fourth-order valence-electron chi connectivity index (χ4n) is 1.23. The van der Waals surface area contributed by atoms with Crippen LogP contribution in [-0.4, -0.2) is 32.6 Å². The molecule has 1 aromatic carbocycles. The third kappa shape index (κ3) is 11.3. The van der Waals surface area contributed by atoms with Crippen LogP contribution >= 0.6 is 0 Å². The molecule has 0 aliphatic rings. The number of ether oxygens (including phenoxy) is 2. The van der Waals surface area contributed by atoms with Crippen molar-refractivity contribution in [1.29, 1.82) is 0 Å². The number of nitrogens with zero attached hydrogens (tertiary/aromatic N) is 1. The molecule has 0 unspecified atom stereocenters. The highest BCUT2D eigenvalue weighted by molar-refractivity contribution is 6.69. The van der Waals surface area contributed by atoms with Crippen molar-refractivity contribution in [3.63, 3.8) is 0 Å². The van der Waals surface area contributed by atoms with Gasteiger partial charge in [-0.25, -0.2) is 4.79 Å². The molecule has 0 spiro atoms. The quantitative estimate of drug-likeness (QED) is 0.182. The fourth-order valence-corrected chi connectivity index (χ4v) is 1.93. The van der Waals surface area contributed by atoms with Crippen LogP contribution in [0.1, 0.15) is 22.3 Å². The number of carbonyl (C=O) groups is 1. The van der Waals surface area contributed by atoms with Gasteiger partial charge in [-0.05, 0) is 31.8 Å². The molecule has 0 atom stereocenters. The maximum Gasteiger partial charge on any atom is 0.513 e. The van der Waals surface area contributed by atoms with Crippen LogP contribution < -0.4 is 4.74 Å². The van der Waals surface area contributed by atoms with E-state index < -0.39 is 19.4 Å². The number of carbonyl (C=O) groups excluding carboxylic acids is 1. The van der Waals surface area contributed by atoms with Crippen LogP contribution in [0.2, 0.25) is 19.6 Å². The molecule has 23 heavy (non-hydrogen) atoms. The van der Waals surface area contributed by atoms with E-state index in [2.05, 4.69) is 0 Å². The average Bonchev–Trinajstić information content (AvgIpc) is 2.34. The molecule has 7 nitrogen and oxygen atoms in total. The molecule has 0 radical (unpaired) electrons. The van der Waals surface area contributed by atoms with E-state index in [4.69, 9.17) is 13.9 Å². The van der Waals surface area contributed by atoms with Crippen LogP contribution in [0, 0.1) is 10.1 Å². The predicted molar refractivity (Wildman–Crippen MR) is 94.6 cm³/mol. The largest absolute Gasteiger partial charge is 0.513 e. The smallest absolute Gasteiger partial charge is 0.432 e. The number of benzene rings is 1. The van der Waals surface area contributed by atoms with Gasteiger partial charge in [0.1, 0.15) is 12.4 Å². The molecule has 0 saturated carbocycles. The zero-order chi connectivity index (χ0) is 15.2. The molecule has 0 fully saturated rings. The zero-order valence-electron chi connectivity index (χ0n) is 11.6. The number of rotatable bonds is 6. The van der Waals surface area contributed by atoms with Crippen LogP contribution in [-0.2, 0) is 9.16 Å². The van der Waals surface area contributed by atoms with E-state index in [0.29, 0.717) is 6.61 Å². The molecule has 8 heteroatoms. The van der Waals surface area contributed by atoms with Crippen LogP contribution in [0.3, 0.4) is 0 Å². The minimum absolute atomic E-state index is 0. The Labute approximate surface area is 139 Å². The zero-order valence-corrected chi connectivity index (χ0v) is 12.6. The van der Waals surface area contributed by atoms with Crippen molar-refractivity contribution >= 4 is 20.2 Å². The summed E-state index contributed by atoms with van der Waals surface area (Å²) >= 11 is 0. The fraction of sp³-hybridized carbons (Fsp3) is 0.533. The number of non-ortho nitro benzene ring substituents is 1. The van der Waals surface area contributed by atoms with Gasteiger partial charge in [0.25, 0.3) is 5.69 Å². The molecule has 134 valence electrons. The number of nitro groups is 1. The molecule has 0 bridgehead atoms. The van der Waals surface area contributed by atoms with Gasteiger partial charge in [0, 0.05) is 12.1 Å². The Morgan fingerprint density at radius 1 is 1.09 bits per heavy atom. The van der Waals surface area contributed by atoms with Gasteiger partial charge in [-0.2, -0.15) is 0 Å². The second-order valence-electron chi connectivity index (χ2n) is 4.91. The number of hydrogen-bond acceptors (Lipinski definition) is 6. The first-order chi connectivity index (χ1) is 9.28. The normalized spacial score (nSPS) is 9.52. The van der Waals surface area contributed by atoms with E-state index >= 15 is 0 Å². The maximum atomic E-state index is 11.3. The molecular weight excluding hydrogens is 318 g/mol. The van der Waals surface area contributed by atoms with E-state index in [1.54, 1.807) is 0 Å². The Hall–Kier alpha value is -1.93. The lowest BCUT2D eigenvalue weighted by Gasteiger charge is -2.16. The number of nitro benzene ring substituents is 1. The monoisotopic (exact) mass is 347 g/mol. The predicted octanol–water partition coefficient (Wildman–Crippen LogP) is 4.87. The van der Waals surface area contributed by atoms with Gasteiger partial charge in [0.2, 0.25) is 0 Å². The summed E-state index contributed by atoms with van der Waals surface area (Å²) in [5.41, 5.74) is -0.0748. The third-order valence-electron chi connectivity index (χ3n) is 2.09. The van der Waals surface area contributed by atoms with Crippen molar-refractivity contribution in [3.8, 4) is 5.75 Å². The van der Waals surface area contributed by atoms with Crippen molar-refractivity contribution in [3.05, 3.63) is 34.4 Å². The highest BCUT2D eigenvalue weighted by atomic mass is 28.4. The molecule has 0 N–H and O–H groups in total. The van der Waals surface area contributed by atoms with Crippen molar-refractivity contribution in [2.75, 3.05) is 13.2 Å². The average molecular weight is 347 g/mol. The lowest BCUT2D eigenvalue weighted by Crippen LogP contribution is -2.28. The summed E-state index contributed by atoms with van der Waals surface area (Å²) in [7, 11) is -1.62. The molecule has 1 rings (SSSR count). The van der Waals surface area contributed by atoms with Crippen molar-refractivity contribution in [2.24, 2.45) is 0 Å². The van der Waals surface area contributed by atoms with Gasteiger partial charge in [-0.1, -0.05) is 22.3 Å². The van der Waals surface area contributed by atoms with Crippen molar-refractivity contribution in [1.82, 2.24) is 0 Å². The van der Waals surface area contributed by atoms with Crippen LogP contribution in [0.4, 0.5) is 10.5 Å². The van der Waals surface area contributed by atoms with Gasteiger partial charge in [0.05, 0.1) is 11.5 Å². The van der Waals surface area contributed by atoms with Crippen molar-refractivity contribution in [2.45, 2.75) is 41.9 Å². The summed E-state index contributed by atoms with van der Waals surface area (Å²) < 4.78 is 15.2. The first-order valence-corrected chi connectivity index (χ1v) is 9.42. The van der Waals surface area contributed by atoms with E-state index in [9.17, 15) is 14.9 Å². The first-order valence-electron chi connectivity index (χ1n) is 6.01. The van der Waals surface area contributed by atoms with Crippen LogP contribution in [0.5, 0.6) is 5.75 Å². The highest BCUT2D eigenvalue weighted by Crippen LogP contribution is 2.17.